The van der Waals surface area contributed by atoms with Crippen LogP contribution in [-0.4, -0.2) is 19.5 Å². The van der Waals surface area contributed by atoms with Gasteiger partial charge in [-0.15, -0.1) is 0 Å². The van der Waals surface area contributed by atoms with Crippen LogP contribution in [-0.2, 0) is 7.05 Å². The van der Waals surface area contributed by atoms with Gasteiger partial charge in [-0.2, -0.15) is 0 Å². The maximum absolute atomic E-state index is 10.7. The lowest BCUT2D eigenvalue weighted by atomic mass is 10.3. The third kappa shape index (κ3) is 1.48. The molecular formula is C8H8N4O. The zero-order valence-corrected chi connectivity index (χ0v) is 7.06. The van der Waals surface area contributed by atoms with Crippen molar-refractivity contribution in [3.63, 3.8) is 0 Å². The van der Waals surface area contributed by atoms with Gasteiger partial charge >= 0.3 is 5.69 Å². The Hall–Kier alpha value is -1.91. The van der Waals surface area contributed by atoms with E-state index in [1.54, 1.807) is 12.5 Å². The SMILES string of the molecule is Cn1cnc(-c2cnc(=O)[nH]c2)c1. The number of hydrogen-bond donors (Lipinski definition) is 1. The van der Waals surface area contributed by atoms with Gasteiger partial charge in [0, 0.05) is 31.2 Å². The molecule has 0 saturated carbocycles. The van der Waals surface area contributed by atoms with Crippen molar-refractivity contribution >= 4 is 0 Å². The molecule has 5 nitrogen and oxygen atoms in total. The molecule has 2 aromatic rings. The average molecular weight is 176 g/mol. The molecule has 0 spiro atoms. The Labute approximate surface area is 74.1 Å². The summed E-state index contributed by atoms with van der Waals surface area (Å²) in [4.78, 5) is 20.9. The third-order valence-corrected chi connectivity index (χ3v) is 1.67. The number of H-pyrrole nitrogens is 1. The van der Waals surface area contributed by atoms with Gasteiger partial charge in [-0.3, -0.25) is 0 Å². The number of imidazole rings is 1. The topological polar surface area (TPSA) is 63.6 Å². The zero-order valence-electron chi connectivity index (χ0n) is 7.06. The lowest BCUT2D eigenvalue weighted by molar-refractivity contribution is 0.913. The first kappa shape index (κ1) is 7.72. The second kappa shape index (κ2) is 2.85. The van der Waals surface area contributed by atoms with E-state index in [-0.39, 0.29) is 5.69 Å². The Bertz CT molecular complexity index is 450. The fourth-order valence-corrected chi connectivity index (χ4v) is 1.04. The maximum atomic E-state index is 10.7. The first-order valence-corrected chi connectivity index (χ1v) is 3.79. The van der Waals surface area contributed by atoms with E-state index in [0.29, 0.717) is 0 Å². The number of aromatic nitrogens is 4. The lowest BCUT2D eigenvalue weighted by Crippen LogP contribution is -2.07. The highest BCUT2D eigenvalue weighted by molar-refractivity contribution is 5.54. The molecule has 0 aliphatic heterocycles. The predicted molar refractivity (Wildman–Crippen MR) is 47.1 cm³/mol. The fraction of sp³-hybridized carbons (Fsp3) is 0.125. The first-order valence-electron chi connectivity index (χ1n) is 3.79. The van der Waals surface area contributed by atoms with E-state index < -0.39 is 0 Å². The molecule has 0 aromatic carbocycles. The third-order valence-electron chi connectivity index (χ3n) is 1.67. The molecule has 0 aliphatic rings. The summed E-state index contributed by atoms with van der Waals surface area (Å²) in [6, 6.07) is 0. The summed E-state index contributed by atoms with van der Waals surface area (Å²) >= 11 is 0. The van der Waals surface area contributed by atoms with Crippen molar-refractivity contribution < 1.29 is 0 Å². The summed E-state index contributed by atoms with van der Waals surface area (Å²) in [7, 11) is 1.88. The van der Waals surface area contributed by atoms with Gasteiger partial charge in [0.1, 0.15) is 0 Å². The van der Waals surface area contributed by atoms with Crippen LogP contribution in [0.25, 0.3) is 11.3 Å². The van der Waals surface area contributed by atoms with E-state index in [4.69, 9.17) is 0 Å². The highest BCUT2D eigenvalue weighted by atomic mass is 16.1. The van der Waals surface area contributed by atoms with Crippen molar-refractivity contribution in [2.24, 2.45) is 7.05 Å². The fourth-order valence-electron chi connectivity index (χ4n) is 1.04. The molecule has 2 aromatic heterocycles. The summed E-state index contributed by atoms with van der Waals surface area (Å²) in [6.45, 7) is 0. The highest BCUT2D eigenvalue weighted by Crippen LogP contribution is 2.11. The molecule has 13 heavy (non-hydrogen) atoms. The minimum Gasteiger partial charge on any atom is -0.340 e. The van der Waals surface area contributed by atoms with E-state index in [2.05, 4.69) is 15.0 Å². The molecule has 0 amide bonds. The Morgan fingerprint density at radius 3 is 2.85 bits per heavy atom. The second-order valence-corrected chi connectivity index (χ2v) is 2.73. The largest absolute Gasteiger partial charge is 0.344 e. The van der Waals surface area contributed by atoms with E-state index >= 15 is 0 Å². The molecule has 2 heterocycles. The van der Waals surface area contributed by atoms with Crippen molar-refractivity contribution in [3.8, 4) is 11.3 Å². The van der Waals surface area contributed by atoms with Crippen LogP contribution in [0.3, 0.4) is 0 Å². The van der Waals surface area contributed by atoms with Gasteiger partial charge in [0.25, 0.3) is 0 Å². The Kier molecular flexibility index (Phi) is 1.70. The molecule has 5 heteroatoms. The van der Waals surface area contributed by atoms with Crippen LogP contribution in [0.2, 0.25) is 0 Å². The number of aryl methyl sites for hydroxylation is 1. The average Bonchev–Trinajstić information content (AvgIpc) is 2.53. The molecule has 0 unspecified atom stereocenters. The van der Waals surface area contributed by atoms with E-state index in [1.807, 2.05) is 17.8 Å². The molecule has 66 valence electrons. The van der Waals surface area contributed by atoms with Crippen LogP contribution in [0.15, 0.2) is 29.7 Å². The molecule has 2 rings (SSSR count). The first-order chi connectivity index (χ1) is 6.25. The predicted octanol–water partition coefficient (Wildman–Crippen LogP) is 0.170. The summed E-state index contributed by atoms with van der Waals surface area (Å²) < 4.78 is 1.83. The summed E-state index contributed by atoms with van der Waals surface area (Å²) in [5, 5.41) is 0. The van der Waals surface area contributed by atoms with Crippen LogP contribution >= 0.6 is 0 Å². The van der Waals surface area contributed by atoms with Gasteiger partial charge in [0.2, 0.25) is 0 Å². The van der Waals surface area contributed by atoms with Gasteiger partial charge in [-0.25, -0.2) is 14.8 Å². The van der Waals surface area contributed by atoms with Crippen molar-refractivity contribution in [2.45, 2.75) is 0 Å². The summed E-state index contributed by atoms with van der Waals surface area (Å²) in [5.74, 6) is 0. The highest BCUT2D eigenvalue weighted by Gasteiger charge is 2.00. The Morgan fingerprint density at radius 1 is 1.46 bits per heavy atom. The van der Waals surface area contributed by atoms with Gasteiger partial charge in [-0.05, 0) is 0 Å². The van der Waals surface area contributed by atoms with Crippen LogP contribution < -0.4 is 5.69 Å². The minimum absolute atomic E-state index is 0.348. The normalized spacial score (nSPS) is 10.2. The molecule has 0 radical (unpaired) electrons. The molecule has 0 aliphatic carbocycles. The maximum Gasteiger partial charge on any atom is 0.344 e. The number of nitrogens with zero attached hydrogens (tertiary/aromatic N) is 3. The second-order valence-electron chi connectivity index (χ2n) is 2.73. The van der Waals surface area contributed by atoms with E-state index in [1.165, 1.54) is 6.20 Å². The van der Waals surface area contributed by atoms with Crippen LogP contribution in [0.1, 0.15) is 0 Å². The van der Waals surface area contributed by atoms with Gasteiger partial charge in [0.05, 0.1) is 12.0 Å². The molecule has 0 fully saturated rings. The number of rotatable bonds is 1. The molecule has 0 bridgehead atoms. The summed E-state index contributed by atoms with van der Waals surface area (Å²) in [6.07, 6.45) is 6.65. The zero-order chi connectivity index (χ0) is 9.26. The standard InChI is InChI=1S/C8H8N4O/c1-12-4-7(11-5-12)6-2-9-8(13)10-3-6/h2-5H,1H3,(H,9,10,13). The number of aromatic amines is 1. The smallest absolute Gasteiger partial charge is 0.340 e. The lowest BCUT2D eigenvalue weighted by Gasteiger charge is -1.92. The van der Waals surface area contributed by atoms with Crippen LogP contribution in [0.4, 0.5) is 0 Å². The van der Waals surface area contributed by atoms with Crippen molar-refractivity contribution in [3.05, 3.63) is 35.4 Å². The molecule has 0 saturated heterocycles. The number of nitrogens with one attached hydrogen (secondary N) is 1. The summed E-state index contributed by atoms with van der Waals surface area (Å²) in [5.41, 5.74) is 1.26. The van der Waals surface area contributed by atoms with Gasteiger partial charge in [-0.1, -0.05) is 0 Å². The van der Waals surface area contributed by atoms with E-state index in [0.717, 1.165) is 11.3 Å². The van der Waals surface area contributed by atoms with Crippen LogP contribution in [0, 0.1) is 0 Å². The van der Waals surface area contributed by atoms with Crippen LogP contribution in [0.5, 0.6) is 0 Å². The molecule has 0 atom stereocenters. The molecule has 1 N–H and O–H groups in total. The molecular weight excluding hydrogens is 168 g/mol. The Morgan fingerprint density at radius 2 is 2.31 bits per heavy atom. The monoisotopic (exact) mass is 176 g/mol. The van der Waals surface area contributed by atoms with Gasteiger partial charge < -0.3 is 9.55 Å². The van der Waals surface area contributed by atoms with Gasteiger partial charge in [0.15, 0.2) is 0 Å². The van der Waals surface area contributed by atoms with Crippen molar-refractivity contribution in [2.75, 3.05) is 0 Å². The Balaban J connectivity index is 2.47. The quantitative estimate of drug-likeness (QED) is 0.673. The van der Waals surface area contributed by atoms with Crippen molar-refractivity contribution in [1.29, 1.82) is 0 Å². The van der Waals surface area contributed by atoms with Crippen molar-refractivity contribution in [1.82, 2.24) is 19.5 Å². The minimum atomic E-state index is -0.348. The van der Waals surface area contributed by atoms with E-state index in [9.17, 15) is 4.79 Å². The number of hydrogen-bond acceptors (Lipinski definition) is 3.